The minimum atomic E-state index is -0.218. The van der Waals surface area contributed by atoms with Crippen molar-refractivity contribution in [3.8, 4) is 5.75 Å². The first-order chi connectivity index (χ1) is 13.3. The zero-order chi connectivity index (χ0) is 20.4. The Morgan fingerprint density at radius 3 is 2.21 bits per heavy atom. The Bertz CT molecular complexity index is 759. The molecule has 2 amide bonds. The average molecular weight is 386 g/mol. The SMILES string of the molecule is CCOc1ccc(C2=C(N3CC(C)OC(C)C3)C(=O)N(CC(C)C)C2=O)cc1. The van der Waals surface area contributed by atoms with Crippen LogP contribution in [0, 0.1) is 5.92 Å². The van der Waals surface area contributed by atoms with E-state index in [9.17, 15) is 9.59 Å². The van der Waals surface area contributed by atoms with Crippen LogP contribution < -0.4 is 4.74 Å². The van der Waals surface area contributed by atoms with Gasteiger partial charge in [-0.3, -0.25) is 14.5 Å². The van der Waals surface area contributed by atoms with Crippen LogP contribution in [0.4, 0.5) is 0 Å². The van der Waals surface area contributed by atoms with Gasteiger partial charge in [0.1, 0.15) is 11.4 Å². The fraction of sp³-hybridized carbons (Fsp3) is 0.545. The molecule has 2 atom stereocenters. The molecule has 0 aliphatic carbocycles. The van der Waals surface area contributed by atoms with E-state index >= 15 is 0 Å². The van der Waals surface area contributed by atoms with Gasteiger partial charge in [-0.05, 0) is 44.4 Å². The molecular formula is C22H30N2O4. The molecule has 6 heteroatoms. The van der Waals surface area contributed by atoms with Crippen LogP contribution in [-0.4, -0.2) is 60.1 Å². The van der Waals surface area contributed by atoms with Gasteiger partial charge in [0.25, 0.3) is 11.8 Å². The molecule has 2 aliphatic rings. The fourth-order valence-electron chi connectivity index (χ4n) is 3.89. The van der Waals surface area contributed by atoms with Crippen molar-refractivity contribution in [3.63, 3.8) is 0 Å². The van der Waals surface area contributed by atoms with Gasteiger partial charge in [0.2, 0.25) is 0 Å². The Hall–Kier alpha value is -2.34. The van der Waals surface area contributed by atoms with E-state index in [0.717, 1.165) is 11.3 Å². The molecular weight excluding hydrogens is 356 g/mol. The number of rotatable bonds is 6. The van der Waals surface area contributed by atoms with Crippen molar-refractivity contribution in [1.82, 2.24) is 9.80 Å². The van der Waals surface area contributed by atoms with E-state index in [2.05, 4.69) is 0 Å². The largest absolute Gasteiger partial charge is 0.494 e. The number of imide groups is 1. The van der Waals surface area contributed by atoms with E-state index in [4.69, 9.17) is 9.47 Å². The molecule has 0 N–H and O–H groups in total. The van der Waals surface area contributed by atoms with Crippen LogP contribution in [0.5, 0.6) is 5.75 Å². The number of hydrogen-bond acceptors (Lipinski definition) is 5. The Morgan fingerprint density at radius 1 is 1.07 bits per heavy atom. The van der Waals surface area contributed by atoms with E-state index in [1.807, 2.05) is 63.8 Å². The zero-order valence-electron chi connectivity index (χ0n) is 17.4. The minimum Gasteiger partial charge on any atom is -0.494 e. The summed E-state index contributed by atoms with van der Waals surface area (Å²) < 4.78 is 11.3. The summed E-state index contributed by atoms with van der Waals surface area (Å²) in [6.45, 7) is 12.1. The first-order valence-electron chi connectivity index (χ1n) is 10.1. The Morgan fingerprint density at radius 2 is 1.68 bits per heavy atom. The topological polar surface area (TPSA) is 59.1 Å². The average Bonchev–Trinajstić information content (AvgIpc) is 2.86. The summed E-state index contributed by atoms with van der Waals surface area (Å²) in [5.74, 6) is 0.530. The maximum atomic E-state index is 13.3. The number of carbonyl (C=O) groups is 2. The van der Waals surface area contributed by atoms with E-state index in [-0.39, 0.29) is 29.9 Å². The summed E-state index contributed by atoms with van der Waals surface area (Å²) in [5.41, 5.74) is 1.72. The van der Waals surface area contributed by atoms with Crippen molar-refractivity contribution in [1.29, 1.82) is 0 Å². The first-order valence-corrected chi connectivity index (χ1v) is 10.1. The third kappa shape index (κ3) is 4.07. The molecule has 0 spiro atoms. The molecule has 2 heterocycles. The number of benzene rings is 1. The quantitative estimate of drug-likeness (QED) is 0.704. The lowest BCUT2D eigenvalue weighted by Gasteiger charge is -2.37. The Labute approximate surface area is 167 Å². The third-order valence-electron chi connectivity index (χ3n) is 4.88. The molecule has 3 rings (SSSR count). The van der Waals surface area contributed by atoms with Gasteiger partial charge in [0.05, 0.1) is 24.4 Å². The monoisotopic (exact) mass is 386 g/mol. The molecule has 1 aromatic carbocycles. The fourth-order valence-corrected chi connectivity index (χ4v) is 3.89. The lowest BCUT2D eigenvalue weighted by Crippen LogP contribution is -2.47. The van der Waals surface area contributed by atoms with Crippen molar-refractivity contribution in [2.24, 2.45) is 5.92 Å². The standard InChI is InChI=1S/C22H30N2O4/c1-6-27-18-9-7-17(8-10-18)19-20(23-12-15(4)28-16(5)13-23)22(26)24(21(19)25)11-14(2)3/h7-10,14-16H,6,11-13H2,1-5H3. The molecule has 1 fully saturated rings. The second-order valence-electron chi connectivity index (χ2n) is 7.96. The van der Waals surface area contributed by atoms with Crippen molar-refractivity contribution in [2.45, 2.75) is 46.8 Å². The number of carbonyl (C=O) groups excluding carboxylic acids is 2. The van der Waals surface area contributed by atoms with Gasteiger partial charge in [-0.25, -0.2) is 0 Å². The highest BCUT2D eigenvalue weighted by molar-refractivity contribution is 6.35. The maximum absolute atomic E-state index is 13.3. The van der Waals surface area contributed by atoms with Gasteiger partial charge in [0, 0.05) is 19.6 Å². The van der Waals surface area contributed by atoms with Gasteiger partial charge in [0.15, 0.2) is 0 Å². The Kier molecular flexibility index (Phi) is 6.08. The molecule has 0 radical (unpaired) electrons. The van der Waals surface area contributed by atoms with Crippen LogP contribution in [0.2, 0.25) is 0 Å². The molecule has 1 aromatic rings. The maximum Gasteiger partial charge on any atom is 0.277 e. The van der Waals surface area contributed by atoms with Crippen molar-refractivity contribution in [3.05, 3.63) is 35.5 Å². The molecule has 28 heavy (non-hydrogen) atoms. The molecule has 152 valence electrons. The molecule has 0 bridgehead atoms. The molecule has 1 saturated heterocycles. The number of nitrogens with zero attached hydrogens (tertiary/aromatic N) is 2. The van der Waals surface area contributed by atoms with Crippen LogP contribution in [0.3, 0.4) is 0 Å². The van der Waals surface area contributed by atoms with E-state index in [1.54, 1.807) is 0 Å². The number of morpholine rings is 1. The third-order valence-corrected chi connectivity index (χ3v) is 4.88. The Balaban J connectivity index is 2.03. The minimum absolute atomic E-state index is 0.000110. The summed E-state index contributed by atoms with van der Waals surface area (Å²) in [6.07, 6.45) is -0.000220. The van der Waals surface area contributed by atoms with Crippen LogP contribution in [0.25, 0.3) is 5.57 Å². The summed E-state index contributed by atoms with van der Waals surface area (Å²) >= 11 is 0. The van der Waals surface area contributed by atoms with Crippen LogP contribution in [0.15, 0.2) is 30.0 Å². The second kappa shape index (κ2) is 8.35. The van der Waals surface area contributed by atoms with Crippen LogP contribution >= 0.6 is 0 Å². The highest BCUT2D eigenvalue weighted by atomic mass is 16.5. The van der Waals surface area contributed by atoms with Crippen LogP contribution in [-0.2, 0) is 14.3 Å². The van der Waals surface area contributed by atoms with E-state index in [1.165, 1.54) is 4.90 Å². The van der Waals surface area contributed by atoms with Gasteiger partial charge in [-0.15, -0.1) is 0 Å². The lowest BCUT2D eigenvalue weighted by atomic mass is 10.0. The predicted molar refractivity (Wildman–Crippen MR) is 108 cm³/mol. The summed E-state index contributed by atoms with van der Waals surface area (Å²) in [6, 6.07) is 7.41. The second-order valence-corrected chi connectivity index (χ2v) is 7.96. The highest BCUT2D eigenvalue weighted by Gasteiger charge is 2.43. The smallest absolute Gasteiger partial charge is 0.277 e. The first kappa shape index (κ1) is 20.4. The molecule has 0 aromatic heterocycles. The van der Waals surface area contributed by atoms with Gasteiger partial charge < -0.3 is 14.4 Å². The van der Waals surface area contributed by atoms with Gasteiger partial charge in [-0.2, -0.15) is 0 Å². The van der Waals surface area contributed by atoms with Crippen LogP contribution in [0.1, 0.15) is 40.2 Å². The normalized spacial score (nSPS) is 23.2. The highest BCUT2D eigenvalue weighted by Crippen LogP contribution is 2.34. The molecule has 2 aliphatic heterocycles. The summed E-state index contributed by atoms with van der Waals surface area (Å²) in [7, 11) is 0. The van der Waals surface area contributed by atoms with Crippen molar-refractivity contribution in [2.75, 3.05) is 26.2 Å². The van der Waals surface area contributed by atoms with Crippen molar-refractivity contribution < 1.29 is 19.1 Å². The van der Waals surface area contributed by atoms with Crippen molar-refractivity contribution >= 4 is 17.4 Å². The summed E-state index contributed by atoms with van der Waals surface area (Å²) in [5, 5.41) is 0. The van der Waals surface area contributed by atoms with E-state index < -0.39 is 0 Å². The summed E-state index contributed by atoms with van der Waals surface area (Å²) in [4.78, 5) is 29.9. The number of amides is 2. The molecule has 2 unspecified atom stereocenters. The predicted octanol–water partition coefficient (Wildman–Crippen LogP) is 2.93. The van der Waals surface area contributed by atoms with Gasteiger partial charge in [-0.1, -0.05) is 26.0 Å². The number of hydrogen-bond donors (Lipinski definition) is 0. The van der Waals surface area contributed by atoms with E-state index in [0.29, 0.717) is 37.5 Å². The van der Waals surface area contributed by atoms with Gasteiger partial charge >= 0.3 is 0 Å². The zero-order valence-corrected chi connectivity index (χ0v) is 17.4. The lowest BCUT2D eigenvalue weighted by molar-refractivity contribution is -0.138. The number of ether oxygens (including phenoxy) is 2. The molecule has 6 nitrogen and oxygen atoms in total. The molecule has 0 saturated carbocycles.